The van der Waals surface area contributed by atoms with E-state index in [1.165, 1.54) is 6.08 Å². The number of aromatic nitrogens is 2. The number of hydrogen-bond acceptors (Lipinski definition) is 6. The van der Waals surface area contributed by atoms with E-state index in [0.29, 0.717) is 48.0 Å². The van der Waals surface area contributed by atoms with Crippen molar-refractivity contribution in [2.45, 2.75) is 12.5 Å². The smallest absolute Gasteiger partial charge is 0.246 e. The molecule has 1 saturated heterocycles. The van der Waals surface area contributed by atoms with Crippen LogP contribution in [0.4, 0.5) is 15.8 Å². The highest BCUT2D eigenvalue weighted by molar-refractivity contribution is 6.10. The zero-order chi connectivity index (χ0) is 23.4. The number of halogens is 1. The van der Waals surface area contributed by atoms with Crippen molar-refractivity contribution in [2.75, 3.05) is 25.5 Å². The Bertz CT molecular complexity index is 1260. The van der Waals surface area contributed by atoms with Crippen molar-refractivity contribution in [2.24, 2.45) is 9.98 Å². The van der Waals surface area contributed by atoms with Crippen molar-refractivity contribution >= 4 is 40.7 Å². The number of nitrogens with zero attached hydrogens (tertiary/aromatic N) is 5. The van der Waals surface area contributed by atoms with Gasteiger partial charge < -0.3 is 15.0 Å². The van der Waals surface area contributed by atoms with Crippen molar-refractivity contribution in [3.63, 3.8) is 0 Å². The predicted molar refractivity (Wildman–Crippen MR) is 127 cm³/mol. The fourth-order valence-corrected chi connectivity index (χ4v) is 3.68. The summed E-state index contributed by atoms with van der Waals surface area (Å²) < 4.78 is 21.0. The van der Waals surface area contributed by atoms with Gasteiger partial charge in [0.15, 0.2) is 11.7 Å². The molecular formula is C24H23FN6O2. The zero-order valence-electron chi connectivity index (χ0n) is 18.2. The summed E-state index contributed by atoms with van der Waals surface area (Å²) in [6.07, 6.45) is 3.32. The van der Waals surface area contributed by atoms with Gasteiger partial charge >= 0.3 is 0 Å². The summed E-state index contributed by atoms with van der Waals surface area (Å²) >= 11 is 0. The first-order valence-corrected chi connectivity index (χ1v) is 10.4. The summed E-state index contributed by atoms with van der Waals surface area (Å²) in [7, 11) is 1.57. The maximum Gasteiger partial charge on any atom is 0.246 e. The third-order valence-corrected chi connectivity index (χ3v) is 5.35. The number of fused-ring (bicyclic) bond motifs is 1. The van der Waals surface area contributed by atoms with Crippen LogP contribution >= 0.6 is 0 Å². The van der Waals surface area contributed by atoms with Gasteiger partial charge in [-0.05, 0) is 31.0 Å². The van der Waals surface area contributed by atoms with E-state index in [-0.39, 0.29) is 23.2 Å². The van der Waals surface area contributed by atoms with Gasteiger partial charge in [0.2, 0.25) is 11.8 Å². The van der Waals surface area contributed by atoms with Crippen LogP contribution in [-0.2, 0) is 4.79 Å². The molecule has 3 aromatic rings. The van der Waals surface area contributed by atoms with Crippen LogP contribution in [0.15, 0.2) is 65.2 Å². The molecule has 3 heterocycles. The second-order valence-electron chi connectivity index (χ2n) is 7.39. The number of likely N-dealkylation sites (tertiary alicyclic amines) is 1. The van der Waals surface area contributed by atoms with E-state index < -0.39 is 5.82 Å². The van der Waals surface area contributed by atoms with E-state index in [4.69, 9.17) is 4.74 Å². The second-order valence-corrected chi connectivity index (χ2v) is 7.39. The maximum atomic E-state index is 15.0. The first-order chi connectivity index (χ1) is 16.0. The van der Waals surface area contributed by atoms with Crippen LogP contribution in [-0.4, -0.2) is 59.6 Å². The number of aliphatic imine (C=N–C) groups is 2. The van der Waals surface area contributed by atoms with Gasteiger partial charge in [-0.2, -0.15) is 0 Å². The maximum absolute atomic E-state index is 15.0. The molecule has 168 valence electrons. The highest BCUT2D eigenvalue weighted by Gasteiger charge is 2.27. The average Bonchev–Trinajstić information content (AvgIpc) is 3.32. The number of anilines is 1. The van der Waals surface area contributed by atoms with Gasteiger partial charge in [-0.15, -0.1) is 0 Å². The molecule has 8 nitrogen and oxygen atoms in total. The van der Waals surface area contributed by atoms with Crippen molar-refractivity contribution in [3.05, 3.63) is 66.8 Å². The number of ether oxygens (including phenoxy) is 1. The Kier molecular flexibility index (Phi) is 6.39. The second kappa shape index (κ2) is 9.56. The molecule has 33 heavy (non-hydrogen) atoms. The molecule has 9 heteroatoms. The van der Waals surface area contributed by atoms with Crippen LogP contribution in [0.5, 0.6) is 5.88 Å². The number of amidine groups is 1. The predicted octanol–water partition coefficient (Wildman–Crippen LogP) is 3.76. The van der Waals surface area contributed by atoms with E-state index in [9.17, 15) is 4.79 Å². The summed E-state index contributed by atoms with van der Waals surface area (Å²) in [5, 5.41) is 3.69. The third-order valence-electron chi connectivity index (χ3n) is 5.35. The number of amides is 1. The first-order valence-electron chi connectivity index (χ1n) is 10.4. The van der Waals surface area contributed by atoms with Crippen LogP contribution in [0.25, 0.3) is 10.9 Å². The molecule has 0 unspecified atom stereocenters. The Balaban J connectivity index is 1.59. The Labute approximate surface area is 190 Å². The minimum atomic E-state index is -0.493. The fourth-order valence-electron chi connectivity index (χ4n) is 3.68. The first kappa shape index (κ1) is 22.1. The molecule has 1 amide bonds. The van der Waals surface area contributed by atoms with Crippen LogP contribution in [0.3, 0.4) is 0 Å². The molecule has 1 aliphatic rings. The molecule has 0 radical (unpaired) electrons. The van der Waals surface area contributed by atoms with Gasteiger partial charge in [-0.3, -0.25) is 19.8 Å². The number of carbonyl (C=O) groups is 1. The highest BCUT2D eigenvalue weighted by atomic mass is 19.1. The number of carbonyl (C=O) groups excluding carboxylic acids is 1. The summed E-state index contributed by atoms with van der Waals surface area (Å²) in [6.45, 7) is 8.15. The van der Waals surface area contributed by atoms with Crippen LogP contribution in [0.2, 0.25) is 0 Å². The molecule has 1 aromatic carbocycles. The lowest BCUT2D eigenvalue weighted by atomic mass is 10.2. The summed E-state index contributed by atoms with van der Waals surface area (Å²) in [5.41, 5.74) is 1.29. The largest absolute Gasteiger partial charge is 0.472 e. The molecule has 1 N–H and O–H groups in total. The molecule has 1 atom stereocenters. The van der Waals surface area contributed by atoms with E-state index in [1.54, 1.807) is 54.5 Å². The van der Waals surface area contributed by atoms with Gasteiger partial charge in [0, 0.05) is 37.7 Å². The Morgan fingerprint density at radius 2 is 2.18 bits per heavy atom. The van der Waals surface area contributed by atoms with Crippen LogP contribution < -0.4 is 10.1 Å². The zero-order valence-corrected chi connectivity index (χ0v) is 18.2. The topological polar surface area (TPSA) is 92.1 Å². The monoisotopic (exact) mass is 446 g/mol. The fraction of sp³-hybridized carbons (Fsp3) is 0.208. The third kappa shape index (κ3) is 4.57. The van der Waals surface area contributed by atoms with E-state index in [1.807, 2.05) is 0 Å². The van der Waals surface area contributed by atoms with E-state index in [0.717, 1.165) is 0 Å². The molecule has 0 bridgehead atoms. The van der Waals surface area contributed by atoms with E-state index >= 15 is 4.39 Å². The van der Waals surface area contributed by atoms with Crippen LogP contribution in [0.1, 0.15) is 12.1 Å². The summed E-state index contributed by atoms with van der Waals surface area (Å²) in [4.78, 5) is 30.4. The van der Waals surface area contributed by atoms with Gasteiger partial charge in [0.1, 0.15) is 17.3 Å². The number of pyridine rings is 2. The van der Waals surface area contributed by atoms with Crippen molar-refractivity contribution in [1.82, 2.24) is 14.9 Å². The molecule has 0 spiro atoms. The summed E-state index contributed by atoms with van der Waals surface area (Å²) in [6, 6.07) is 10.3. The Morgan fingerprint density at radius 3 is 2.94 bits per heavy atom. The molecule has 1 aliphatic heterocycles. The molecule has 2 aromatic heterocycles. The highest BCUT2D eigenvalue weighted by Crippen LogP contribution is 2.27. The molecule has 4 rings (SSSR count). The van der Waals surface area contributed by atoms with Crippen molar-refractivity contribution in [1.29, 1.82) is 0 Å². The molecule has 1 fully saturated rings. The number of benzene rings is 1. The number of hydrogen-bond donors (Lipinski definition) is 1. The Hall–Kier alpha value is -4.14. The van der Waals surface area contributed by atoms with Crippen molar-refractivity contribution < 1.29 is 13.9 Å². The van der Waals surface area contributed by atoms with Gasteiger partial charge in [-0.1, -0.05) is 18.7 Å². The SMILES string of the molecule is C=CC(=O)N1CC[C@H](Oc2ccc(N=C)c(/C(=N\C)Nc3ccc4cccnc4c3F)n2)C1. The quantitative estimate of drug-likeness (QED) is 0.354. The number of nitrogens with one attached hydrogen (secondary N) is 1. The van der Waals surface area contributed by atoms with Crippen molar-refractivity contribution in [3.8, 4) is 5.88 Å². The molecule has 0 saturated carbocycles. The van der Waals surface area contributed by atoms with Crippen LogP contribution in [0, 0.1) is 5.82 Å². The van der Waals surface area contributed by atoms with Gasteiger partial charge in [0.25, 0.3) is 0 Å². The minimum absolute atomic E-state index is 0.127. The lowest BCUT2D eigenvalue weighted by Gasteiger charge is -2.17. The number of rotatable bonds is 6. The lowest BCUT2D eigenvalue weighted by Crippen LogP contribution is -2.29. The lowest BCUT2D eigenvalue weighted by molar-refractivity contribution is -0.125. The van der Waals surface area contributed by atoms with Gasteiger partial charge in [-0.25, -0.2) is 9.37 Å². The summed E-state index contributed by atoms with van der Waals surface area (Å²) in [5.74, 6) is 0.0241. The Morgan fingerprint density at radius 1 is 1.33 bits per heavy atom. The normalized spacial score (nSPS) is 16.0. The van der Waals surface area contributed by atoms with E-state index in [2.05, 4.69) is 38.6 Å². The minimum Gasteiger partial charge on any atom is -0.472 e. The average molecular weight is 446 g/mol. The molecule has 0 aliphatic carbocycles. The standard InChI is InChI=1S/C24H23FN6O2/c1-4-20(32)31-13-11-16(14-31)33-19-10-9-18(26-2)23(30-19)24(27-3)29-17-8-7-15-6-5-12-28-22(15)21(17)25/h4-10,12,16H,1-2,11,13-14H2,3H3,(H,27,29)/t16-/m0/s1. The molecular weight excluding hydrogens is 423 g/mol. The van der Waals surface area contributed by atoms with Gasteiger partial charge in [0.05, 0.1) is 17.9 Å².